The van der Waals surface area contributed by atoms with Crippen molar-refractivity contribution in [2.24, 2.45) is 0 Å². The number of benzene rings is 1. The quantitative estimate of drug-likeness (QED) is 0.537. The second kappa shape index (κ2) is 7.05. The van der Waals surface area contributed by atoms with Gasteiger partial charge in [0.2, 0.25) is 5.78 Å². The van der Waals surface area contributed by atoms with Gasteiger partial charge in [0.1, 0.15) is 5.76 Å². The highest BCUT2D eigenvalue weighted by atomic mass is 16.4. The summed E-state index contributed by atoms with van der Waals surface area (Å²) in [7, 11) is 0. The molecule has 1 aliphatic rings. The molecule has 1 aromatic carbocycles. The van der Waals surface area contributed by atoms with Gasteiger partial charge in [0.25, 0.3) is 6.01 Å². The van der Waals surface area contributed by atoms with Gasteiger partial charge < -0.3 is 24.8 Å². The van der Waals surface area contributed by atoms with Crippen LogP contribution >= 0.6 is 0 Å². The average Bonchev–Trinajstić information content (AvgIpc) is 3.36. The summed E-state index contributed by atoms with van der Waals surface area (Å²) in [6, 6.07) is 9.72. The second-order valence-electron chi connectivity index (χ2n) is 6.23. The van der Waals surface area contributed by atoms with Crippen molar-refractivity contribution in [2.75, 3.05) is 36.8 Å². The van der Waals surface area contributed by atoms with Crippen LogP contribution in [0, 0.1) is 0 Å². The number of hydrogen-bond acceptors (Lipinski definition) is 7. The Morgan fingerprint density at radius 2 is 2.12 bits per heavy atom. The maximum atomic E-state index is 12.6. The maximum absolute atomic E-state index is 12.6. The molecule has 0 spiro atoms. The van der Waals surface area contributed by atoms with Gasteiger partial charge in [-0.3, -0.25) is 4.79 Å². The zero-order chi connectivity index (χ0) is 17.9. The number of Topliss-reactive ketones (excluding diaryl/α,β-unsaturated/α-hetero) is 1. The fourth-order valence-electron chi connectivity index (χ4n) is 3.01. The summed E-state index contributed by atoms with van der Waals surface area (Å²) in [5.74, 6) is 0.836. The molecule has 0 radical (unpaired) electrons. The van der Waals surface area contributed by atoms with E-state index in [1.165, 1.54) is 6.20 Å². The Hall–Kier alpha value is -3.06. The number of nitrogens with two attached hydrogens (primary N) is 1. The third-order valence-corrected chi connectivity index (χ3v) is 4.46. The van der Waals surface area contributed by atoms with Crippen LogP contribution in [0.15, 0.2) is 51.6 Å². The molecule has 0 saturated carbocycles. The highest BCUT2D eigenvalue weighted by Gasteiger charge is 2.19. The molecule has 1 saturated heterocycles. The first kappa shape index (κ1) is 16.4. The number of nitrogens with zero attached hydrogens (tertiary/aromatic N) is 2. The van der Waals surface area contributed by atoms with Crippen molar-refractivity contribution >= 4 is 17.5 Å². The standard InChI is InChI=1S/C19H20N4O3/c20-15-4-3-13(17-2-1-9-25-17)10-14(15)11-16(24)18-12-22-19(26-18)23-7-5-21-6-8-23/h1-4,9-10,12,21H,5-8,11,20H2. The van der Waals surface area contributed by atoms with Crippen molar-refractivity contribution in [1.82, 2.24) is 10.3 Å². The third kappa shape index (κ3) is 3.34. The fourth-order valence-corrected chi connectivity index (χ4v) is 3.01. The van der Waals surface area contributed by atoms with E-state index in [2.05, 4.69) is 10.3 Å². The fraction of sp³-hybridized carbons (Fsp3) is 0.263. The van der Waals surface area contributed by atoms with E-state index in [0.717, 1.165) is 43.1 Å². The first-order valence-electron chi connectivity index (χ1n) is 8.58. The van der Waals surface area contributed by atoms with Crippen LogP contribution in [-0.2, 0) is 6.42 Å². The number of furan rings is 1. The molecule has 1 aliphatic heterocycles. The van der Waals surface area contributed by atoms with Crippen molar-refractivity contribution in [3.63, 3.8) is 0 Å². The Labute approximate surface area is 150 Å². The molecule has 0 unspecified atom stereocenters. The average molecular weight is 352 g/mol. The van der Waals surface area contributed by atoms with E-state index in [1.54, 1.807) is 12.3 Å². The Kier molecular flexibility index (Phi) is 4.45. The van der Waals surface area contributed by atoms with E-state index in [1.807, 2.05) is 29.2 Å². The van der Waals surface area contributed by atoms with Gasteiger partial charge in [-0.15, -0.1) is 0 Å². The summed E-state index contributed by atoms with van der Waals surface area (Å²) in [4.78, 5) is 18.9. The monoisotopic (exact) mass is 352 g/mol. The largest absolute Gasteiger partial charge is 0.464 e. The van der Waals surface area contributed by atoms with Crippen LogP contribution in [0.3, 0.4) is 0 Å². The molecule has 3 aromatic rings. The third-order valence-electron chi connectivity index (χ3n) is 4.46. The molecule has 4 rings (SSSR count). The summed E-state index contributed by atoms with van der Waals surface area (Å²) < 4.78 is 11.1. The van der Waals surface area contributed by atoms with Crippen LogP contribution in [0.25, 0.3) is 11.3 Å². The number of hydrogen-bond donors (Lipinski definition) is 2. The number of oxazole rings is 1. The van der Waals surface area contributed by atoms with E-state index < -0.39 is 0 Å². The van der Waals surface area contributed by atoms with Crippen molar-refractivity contribution in [3.8, 4) is 11.3 Å². The van der Waals surface area contributed by atoms with E-state index >= 15 is 0 Å². The molecule has 3 heterocycles. The number of aromatic nitrogens is 1. The Balaban J connectivity index is 1.51. The van der Waals surface area contributed by atoms with E-state index in [0.29, 0.717) is 11.7 Å². The Bertz CT molecular complexity index is 895. The molecular formula is C19H20N4O3. The Morgan fingerprint density at radius 1 is 1.27 bits per heavy atom. The number of rotatable bonds is 5. The van der Waals surface area contributed by atoms with Crippen LogP contribution < -0.4 is 16.0 Å². The summed E-state index contributed by atoms with van der Waals surface area (Å²) in [6.07, 6.45) is 3.26. The molecule has 0 amide bonds. The number of nitrogens with one attached hydrogen (secondary N) is 1. The minimum absolute atomic E-state index is 0.149. The lowest BCUT2D eigenvalue weighted by Gasteiger charge is -2.25. The van der Waals surface area contributed by atoms with Gasteiger partial charge in [-0.05, 0) is 35.9 Å². The smallest absolute Gasteiger partial charge is 0.297 e. The summed E-state index contributed by atoms with van der Waals surface area (Å²) in [5.41, 5.74) is 8.23. The zero-order valence-corrected chi connectivity index (χ0v) is 14.3. The number of carbonyl (C=O) groups is 1. The molecule has 1 fully saturated rings. The molecular weight excluding hydrogens is 332 g/mol. The lowest BCUT2D eigenvalue weighted by Crippen LogP contribution is -2.43. The minimum atomic E-state index is -0.151. The molecule has 26 heavy (non-hydrogen) atoms. The molecule has 0 aliphatic carbocycles. The molecule has 134 valence electrons. The van der Waals surface area contributed by atoms with E-state index in [-0.39, 0.29) is 18.0 Å². The molecule has 0 bridgehead atoms. The maximum Gasteiger partial charge on any atom is 0.297 e. The lowest BCUT2D eigenvalue weighted by atomic mass is 10.0. The minimum Gasteiger partial charge on any atom is -0.464 e. The first-order valence-corrected chi connectivity index (χ1v) is 8.58. The first-order chi connectivity index (χ1) is 12.7. The number of ketones is 1. The van der Waals surface area contributed by atoms with Crippen LogP contribution in [0.2, 0.25) is 0 Å². The van der Waals surface area contributed by atoms with Crippen molar-refractivity contribution in [3.05, 3.63) is 54.1 Å². The summed E-state index contributed by atoms with van der Waals surface area (Å²) >= 11 is 0. The predicted molar refractivity (Wildman–Crippen MR) is 98.2 cm³/mol. The highest BCUT2D eigenvalue weighted by Crippen LogP contribution is 2.25. The number of piperazine rings is 1. The van der Waals surface area contributed by atoms with Gasteiger partial charge in [0.15, 0.2) is 5.76 Å². The SMILES string of the molecule is Nc1ccc(-c2ccco2)cc1CC(=O)c1cnc(N2CCNCC2)o1. The molecule has 3 N–H and O–H groups in total. The lowest BCUT2D eigenvalue weighted by molar-refractivity contribution is 0.0967. The summed E-state index contributed by atoms with van der Waals surface area (Å²) in [6.45, 7) is 3.38. The van der Waals surface area contributed by atoms with Gasteiger partial charge in [-0.2, -0.15) is 0 Å². The number of nitrogen functional groups attached to an aromatic ring is 1. The zero-order valence-electron chi connectivity index (χ0n) is 14.3. The second-order valence-corrected chi connectivity index (χ2v) is 6.23. The number of anilines is 2. The predicted octanol–water partition coefficient (Wildman–Crippen LogP) is 2.35. The van der Waals surface area contributed by atoms with Crippen LogP contribution in [0.4, 0.5) is 11.7 Å². The van der Waals surface area contributed by atoms with E-state index in [4.69, 9.17) is 14.6 Å². The molecule has 0 atom stereocenters. The van der Waals surface area contributed by atoms with E-state index in [9.17, 15) is 4.79 Å². The molecule has 7 nitrogen and oxygen atoms in total. The van der Waals surface area contributed by atoms with Crippen molar-refractivity contribution < 1.29 is 13.6 Å². The molecule has 7 heteroatoms. The van der Waals surface area contributed by atoms with Gasteiger partial charge in [0.05, 0.1) is 12.5 Å². The van der Waals surface area contributed by atoms with Crippen molar-refractivity contribution in [1.29, 1.82) is 0 Å². The van der Waals surface area contributed by atoms with Crippen molar-refractivity contribution in [2.45, 2.75) is 6.42 Å². The van der Waals surface area contributed by atoms with Gasteiger partial charge in [0, 0.05) is 43.9 Å². The van der Waals surface area contributed by atoms with Crippen LogP contribution in [0.5, 0.6) is 0 Å². The Morgan fingerprint density at radius 3 is 2.88 bits per heavy atom. The van der Waals surface area contributed by atoms with Crippen LogP contribution in [0.1, 0.15) is 16.1 Å². The normalized spacial score (nSPS) is 14.5. The molecule has 2 aromatic heterocycles. The van der Waals surface area contributed by atoms with Gasteiger partial charge >= 0.3 is 0 Å². The summed E-state index contributed by atoms with van der Waals surface area (Å²) in [5, 5.41) is 3.27. The number of carbonyl (C=O) groups excluding carboxylic acids is 1. The van der Waals surface area contributed by atoms with Gasteiger partial charge in [-0.1, -0.05) is 0 Å². The van der Waals surface area contributed by atoms with Gasteiger partial charge in [-0.25, -0.2) is 4.98 Å². The highest BCUT2D eigenvalue weighted by molar-refractivity contribution is 5.95. The van der Waals surface area contributed by atoms with Crippen LogP contribution in [-0.4, -0.2) is 36.9 Å². The topological polar surface area (TPSA) is 97.5 Å².